The van der Waals surface area contributed by atoms with Gasteiger partial charge in [0, 0.05) is 18.3 Å². The molecule has 2 rings (SSSR count). The van der Waals surface area contributed by atoms with Crippen LogP contribution in [0.1, 0.15) is 44.1 Å². The van der Waals surface area contributed by atoms with Crippen molar-refractivity contribution in [3.63, 3.8) is 0 Å². The maximum atomic E-state index is 11.8. The number of rotatable bonds is 6. The topological polar surface area (TPSA) is 44.4 Å². The predicted octanol–water partition coefficient (Wildman–Crippen LogP) is 3.77. The van der Waals surface area contributed by atoms with Crippen molar-refractivity contribution >= 4 is 11.7 Å². The number of amides is 2. The van der Waals surface area contributed by atoms with E-state index in [1.807, 2.05) is 31.2 Å². The first-order valence-corrected chi connectivity index (χ1v) is 8.47. The number of urea groups is 1. The van der Waals surface area contributed by atoms with Crippen molar-refractivity contribution in [1.29, 1.82) is 0 Å². The van der Waals surface area contributed by atoms with E-state index in [1.165, 1.54) is 37.7 Å². The minimum Gasteiger partial charge on any atom is -0.338 e. The highest BCUT2D eigenvalue weighted by Gasteiger charge is 2.17. The van der Waals surface area contributed by atoms with E-state index in [9.17, 15) is 4.79 Å². The molecule has 1 saturated carbocycles. The molecule has 0 atom stereocenters. The van der Waals surface area contributed by atoms with Gasteiger partial charge < -0.3 is 15.5 Å². The molecule has 4 nitrogen and oxygen atoms in total. The van der Waals surface area contributed by atoms with Gasteiger partial charge in [0.1, 0.15) is 0 Å². The van der Waals surface area contributed by atoms with Gasteiger partial charge in [0.15, 0.2) is 0 Å². The smallest absolute Gasteiger partial charge is 0.319 e. The van der Waals surface area contributed by atoms with E-state index < -0.39 is 0 Å². The first-order valence-electron chi connectivity index (χ1n) is 8.47. The number of nitrogens with zero attached hydrogens (tertiary/aromatic N) is 1. The van der Waals surface area contributed by atoms with E-state index in [0.29, 0.717) is 0 Å². The van der Waals surface area contributed by atoms with E-state index in [1.54, 1.807) is 0 Å². The second-order valence-electron chi connectivity index (χ2n) is 6.37. The maximum Gasteiger partial charge on any atom is 0.319 e. The molecule has 1 aliphatic rings. The van der Waals surface area contributed by atoms with Gasteiger partial charge in [0.05, 0.1) is 0 Å². The van der Waals surface area contributed by atoms with Crippen molar-refractivity contribution in [2.24, 2.45) is 0 Å². The van der Waals surface area contributed by atoms with E-state index >= 15 is 0 Å². The summed E-state index contributed by atoms with van der Waals surface area (Å²) >= 11 is 0. The van der Waals surface area contributed by atoms with Crippen molar-refractivity contribution in [1.82, 2.24) is 10.2 Å². The zero-order valence-electron chi connectivity index (χ0n) is 13.9. The number of aryl methyl sites for hydroxylation is 1. The van der Waals surface area contributed by atoms with Crippen molar-refractivity contribution in [3.8, 4) is 0 Å². The Morgan fingerprint density at radius 1 is 1.18 bits per heavy atom. The molecule has 0 aliphatic heterocycles. The number of carbonyl (C=O) groups is 1. The molecule has 1 aromatic rings. The van der Waals surface area contributed by atoms with Gasteiger partial charge >= 0.3 is 6.03 Å². The number of hydrogen-bond acceptors (Lipinski definition) is 2. The lowest BCUT2D eigenvalue weighted by atomic mass is 9.94. The number of benzene rings is 1. The van der Waals surface area contributed by atoms with Gasteiger partial charge in [0.25, 0.3) is 0 Å². The lowest BCUT2D eigenvalue weighted by molar-refractivity contribution is 0.189. The molecule has 2 amide bonds. The summed E-state index contributed by atoms with van der Waals surface area (Å²) < 4.78 is 0. The summed E-state index contributed by atoms with van der Waals surface area (Å²) in [5.41, 5.74) is 2.03. The Hall–Kier alpha value is -1.55. The summed E-state index contributed by atoms with van der Waals surface area (Å²) in [6.45, 7) is 3.80. The maximum absolute atomic E-state index is 11.8. The van der Waals surface area contributed by atoms with Crippen LogP contribution in [0.2, 0.25) is 0 Å². The van der Waals surface area contributed by atoms with Crippen LogP contribution in [-0.4, -0.2) is 37.1 Å². The molecule has 122 valence electrons. The average Bonchev–Trinajstić information content (AvgIpc) is 2.54. The minimum absolute atomic E-state index is 0.121. The fraction of sp³-hybridized carbons (Fsp3) is 0.611. The molecule has 0 radical (unpaired) electrons. The molecule has 2 N–H and O–H groups in total. The Morgan fingerprint density at radius 3 is 2.55 bits per heavy atom. The predicted molar refractivity (Wildman–Crippen MR) is 92.3 cm³/mol. The third kappa shape index (κ3) is 5.68. The Balaban J connectivity index is 1.59. The third-order valence-corrected chi connectivity index (χ3v) is 4.48. The van der Waals surface area contributed by atoms with Crippen LogP contribution < -0.4 is 10.6 Å². The average molecular weight is 303 g/mol. The highest BCUT2D eigenvalue weighted by molar-refractivity contribution is 5.89. The molecule has 0 spiro atoms. The number of hydrogen-bond donors (Lipinski definition) is 2. The Morgan fingerprint density at radius 2 is 1.86 bits per heavy atom. The van der Waals surface area contributed by atoms with Gasteiger partial charge in [-0.3, -0.25) is 0 Å². The van der Waals surface area contributed by atoms with Crippen molar-refractivity contribution in [3.05, 3.63) is 29.8 Å². The zero-order valence-corrected chi connectivity index (χ0v) is 13.9. The summed E-state index contributed by atoms with van der Waals surface area (Å²) in [6, 6.07) is 8.46. The molecule has 0 saturated heterocycles. The standard InChI is InChI=1S/C18H29N3O/c1-15-9-11-16(12-10-15)20-18(22)19-13-6-14-21(2)17-7-4-3-5-8-17/h9-12,17H,3-8,13-14H2,1-2H3,(H2,19,20,22). The van der Waals surface area contributed by atoms with Crippen LogP contribution in [-0.2, 0) is 0 Å². The normalized spacial score (nSPS) is 15.8. The monoisotopic (exact) mass is 303 g/mol. The van der Waals surface area contributed by atoms with E-state index in [4.69, 9.17) is 0 Å². The number of anilines is 1. The fourth-order valence-corrected chi connectivity index (χ4v) is 3.05. The molecule has 0 heterocycles. The second-order valence-corrected chi connectivity index (χ2v) is 6.37. The van der Waals surface area contributed by atoms with Gasteiger partial charge in [-0.25, -0.2) is 4.79 Å². The van der Waals surface area contributed by atoms with E-state index in [-0.39, 0.29) is 6.03 Å². The Bertz CT molecular complexity index is 452. The number of nitrogens with one attached hydrogen (secondary N) is 2. The van der Waals surface area contributed by atoms with Crippen LogP contribution in [0.3, 0.4) is 0 Å². The first-order chi connectivity index (χ1) is 10.6. The van der Waals surface area contributed by atoms with Gasteiger partial charge in [-0.1, -0.05) is 37.0 Å². The summed E-state index contributed by atoms with van der Waals surface area (Å²) in [5, 5.41) is 5.78. The van der Waals surface area contributed by atoms with Crippen molar-refractivity contribution in [2.45, 2.75) is 51.5 Å². The lowest BCUT2D eigenvalue weighted by Gasteiger charge is -2.31. The highest BCUT2D eigenvalue weighted by atomic mass is 16.2. The second kappa shape index (κ2) is 8.79. The van der Waals surface area contributed by atoms with Crippen LogP contribution in [0.15, 0.2) is 24.3 Å². The first kappa shape index (κ1) is 16.8. The quantitative estimate of drug-likeness (QED) is 0.786. The summed E-state index contributed by atoms with van der Waals surface area (Å²) in [5.74, 6) is 0. The molecular weight excluding hydrogens is 274 g/mol. The molecule has 0 aromatic heterocycles. The fourth-order valence-electron chi connectivity index (χ4n) is 3.05. The van der Waals surface area contributed by atoms with Gasteiger partial charge in [-0.2, -0.15) is 0 Å². The molecule has 0 bridgehead atoms. The van der Waals surface area contributed by atoms with Crippen LogP contribution in [0.25, 0.3) is 0 Å². The largest absolute Gasteiger partial charge is 0.338 e. The van der Waals surface area contributed by atoms with Crippen LogP contribution >= 0.6 is 0 Å². The third-order valence-electron chi connectivity index (χ3n) is 4.48. The molecule has 4 heteroatoms. The van der Waals surface area contributed by atoms with Gasteiger partial charge in [-0.15, -0.1) is 0 Å². The van der Waals surface area contributed by atoms with Gasteiger partial charge in [-0.05, 0) is 51.9 Å². The summed E-state index contributed by atoms with van der Waals surface area (Å²) in [6.07, 6.45) is 7.79. The molecule has 1 aliphatic carbocycles. The summed E-state index contributed by atoms with van der Waals surface area (Å²) in [4.78, 5) is 14.3. The highest BCUT2D eigenvalue weighted by Crippen LogP contribution is 2.21. The lowest BCUT2D eigenvalue weighted by Crippen LogP contribution is -2.36. The van der Waals surface area contributed by atoms with Crippen molar-refractivity contribution < 1.29 is 4.79 Å². The molecule has 1 fully saturated rings. The van der Waals surface area contributed by atoms with Crippen LogP contribution in [0.4, 0.5) is 10.5 Å². The van der Waals surface area contributed by atoms with E-state index in [2.05, 4.69) is 22.6 Å². The number of carbonyl (C=O) groups excluding carboxylic acids is 1. The zero-order chi connectivity index (χ0) is 15.8. The van der Waals surface area contributed by atoms with Gasteiger partial charge in [0.2, 0.25) is 0 Å². The SMILES string of the molecule is Cc1ccc(NC(=O)NCCCN(C)C2CCCCC2)cc1. The Labute approximate surface area is 134 Å². The van der Waals surface area contributed by atoms with Crippen LogP contribution in [0.5, 0.6) is 0 Å². The van der Waals surface area contributed by atoms with E-state index in [0.717, 1.165) is 31.2 Å². The Kier molecular flexibility index (Phi) is 6.72. The molecule has 22 heavy (non-hydrogen) atoms. The van der Waals surface area contributed by atoms with Crippen molar-refractivity contribution in [2.75, 3.05) is 25.5 Å². The summed E-state index contributed by atoms with van der Waals surface area (Å²) in [7, 11) is 2.21. The van der Waals surface area contributed by atoms with Crippen LogP contribution in [0, 0.1) is 6.92 Å². The molecular formula is C18H29N3O. The molecule has 0 unspecified atom stereocenters. The molecule has 1 aromatic carbocycles. The minimum atomic E-state index is -0.121.